The van der Waals surface area contributed by atoms with Crippen molar-refractivity contribution in [1.29, 1.82) is 5.41 Å². The zero-order chi connectivity index (χ0) is 20.7. The molecule has 0 saturated heterocycles. The third-order valence-corrected chi connectivity index (χ3v) is 6.02. The van der Waals surface area contributed by atoms with Gasteiger partial charge in [0.25, 0.3) is 0 Å². The number of ketones is 1. The highest BCUT2D eigenvalue weighted by atomic mass is 79.9. The van der Waals surface area contributed by atoms with Crippen molar-refractivity contribution in [2.75, 3.05) is 6.61 Å². The Kier molecular flexibility index (Phi) is 5.36. The van der Waals surface area contributed by atoms with Gasteiger partial charge in [-0.05, 0) is 57.7 Å². The second kappa shape index (κ2) is 7.80. The number of aryl methyl sites for hydroxylation is 1. The number of halogens is 3. The van der Waals surface area contributed by atoms with E-state index in [0.29, 0.717) is 45.0 Å². The number of fused-ring (bicyclic) bond motifs is 1. The molecule has 1 aliphatic rings. The Bertz CT molecular complexity index is 1170. The minimum absolute atomic E-state index is 0.0293. The standard InChI is InChI=1S/C21H18BrClFN3O2/c1-26-4-5-27(21(26)25)10-12-6-16-19(28)14(11-29-20(16)17(22)7-12)8-13-2-3-15(24)9-18(13)23/h2-7,9,14,25H,8,10-11H2,1H3/t14-/m0/s1. The molecule has 8 heteroatoms. The fourth-order valence-electron chi connectivity index (χ4n) is 3.50. The lowest BCUT2D eigenvalue weighted by molar-refractivity contribution is 0.0829. The first-order valence-corrected chi connectivity index (χ1v) is 10.2. The molecule has 2 aromatic carbocycles. The summed E-state index contributed by atoms with van der Waals surface area (Å²) in [6.45, 7) is 0.703. The molecular weight excluding hydrogens is 461 g/mol. The number of Topliss-reactive ketones (excluding diaryl/α,β-unsaturated/α-hetero) is 1. The Morgan fingerprint density at radius 2 is 2.10 bits per heavy atom. The number of benzene rings is 2. The fourth-order valence-corrected chi connectivity index (χ4v) is 4.37. The van der Waals surface area contributed by atoms with Crippen molar-refractivity contribution in [3.63, 3.8) is 0 Å². The largest absolute Gasteiger partial charge is 0.491 e. The van der Waals surface area contributed by atoms with Gasteiger partial charge in [-0.3, -0.25) is 10.2 Å². The first-order valence-electron chi connectivity index (χ1n) is 9.03. The Morgan fingerprint density at radius 1 is 1.31 bits per heavy atom. The van der Waals surface area contributed by atoms with Crippen molar-refractivity contribution in [2.24, 2.45) is 13.0 Å². The molecule has 0 saturated carbocycles. The summed E-state index contributed by atoms with van der Waals surface area (Å²) in [5.41, 5.74) is 2.47. The molecule has 1 atom stereocenters. The van der Waals surface area contributed by atoms with Crippen molar-refractivity contribution in [1.82, 2.24) is 9.13 Å². The molecule has 5 nitrogen and oxygen atoms in total. The molecule has 1 aromatic heterocycles. The number of aromatic nitrogens is 2. The summed E-state index contributed by atoms with van der Waals surface area (Å²) in [6.07, 6.45) is 4.02. The maximum absolute atomic E-state index is 13.3. The van der Waals surface area contributed by atoms with Crippen LogP contribution in [0.5, 0.6) is 5.75 Å². The highest BCUT2D eigenvalue weighted by molar-refractivity contribution is 9.10. The van der Waals surface area contributed by atoms with Gasteiger partial charge in [-0.2, -0.15) is 0 Å². The van der Waals surface area contributed by atoms with Crippen LogP contribution in [0.25, 0.3) is 0 Å². The molecule has 150 valence electrons. The summed E-state index contributed by atoms with van der Waals surface area (Å²) in [5.74, 6) is -0.303. The van der Waals surface area contributed by atoms with Crippen LogP contribution in [0.4, 0.5) is 4.39 Å². The summed E-state index contributed by atoms with van der Waals surface area (Å²) >= 11 is 9.63. The van der Waals surface area contributed by atoms with Gasteiger partial charge in [0, 0.05) is 24.5 Å². The van der Waals surface area contributed by atoms with Gasteiger partial charge < -0.3 is 13.9 Å². The van der Waals surface area contributed by atoms with Gasteiger partial charge in [0.15, 0.2) is 5.78 Å². The zero-order valence-corrected chi connectivity index (χ0v) is 17.9. The van der Waals surface area contributed by atoms with Gasteiger partial charge in [0.1, 0.15) is 11.6 Å². The van der Waals surface area contributed by atoms with Crippen LogP contribution in [0.2, 0.25) is 5.02 Å². The average Bonchev–Trinajstić information content (AvgIpc) is 2.98. The molecule has 29 heavy (non-hydrogen) atoms. The van der Waals surface area contributed by atoms with Crippen molar-refractivity contribution >= 4 is 33.3 Å². The lowest BCUT2D eigenvalue weighted by Gasteiger charge is -2.26. The zero-order valence-electron chi connectivity index (χ0n) is 15.6. The fraction of sp³-hybridized carbons (Fsp3) is 0.238. The predicted molar refractivity (Wildman–Crippen MR) is 111 cm³/mol. The molecule has 0 fully saturated rings. The monoisotopic (exact) mass is 477 g/mol. The van der Waals surface area contributed by atoms with Crippen LogP contribution < -0.4 is 10.4 Å². The summed E-state index contributed by atoms with van der Waals surface area (Å²) in [5, 5.41) is 8.39. The third-order valence-electron chi connectivity index (χ3n) is 5.08. The van der Waals surface area contributed by atoms with Crippen molar-refractivity contribution in [3.05, 3.63) is 80.3 Å². The van der Waals surface area contributed by atoms with E-state index >= 15 is 0 Å². The van der Waals surface area contributed by atoms with Crippen LogP contribution in [0.1, 0.15) is 21.5 Å². The highest BCUT2D eigenvalue weighted by Gasteiger charge is 2.31. The van der Waals surface area contributed by atoms with Crippen LogP contribution in [-0.2, 0) is 20.0 Å². The molecule has 0 bridgehead atoms. The van der Waals surface area contributed by atoms with E-state index in [1.165, 1.54) is 12.1 Å². The summed E-state index contributed by atoms with van der Waals surface area (Å²) in [4.78, 5) is 13.2. The Labute approximate surface area is 180 Å². The van der Waals surface area contributed by atoms with Crippen LogP contribution >= 0.6 is 27.5 Å². The van der Waals surface area contributed by atoms with E-state index < -0.39 is 11.7 Å². The van der Waals surface area contributed by atoms with Crippen molar-refractivity contribution < 1.29 is 13.9 Å². The number of nitrogens with one attached hydrogen (secondary N) is 1. The molecular formula is C21H18BrClFN3O2. The van der Waals surface area contributed by atoms with Gasteiger partial charge in [0.2, 0.25) is 5.62 Å². The normalized spacial score (nSPS) is 15.9. The van der Waals surface area contributed by atoms with Crippen LogP contribution in [0, 0.1) is 17.1 Å². The molecule has 1 N–H and O–H groups in total. The first-order chi connectivity index (χ1) is 13.8. The van der Waals surface area contributed by atoms with Crippen LogP contribution in [0.3, 0.4) is 0 Å². The number of rotatable bonds is 4. The smallest absolute Gasteiger partial charge is 0.202 e. The number of hydrogen-bond acceptors (Lipinski definition) is 3. The Balaban J connectivity index is 1.63. The van der Waals surface area contributed by atoms with Gasteiger partial charge in [-0.15, -0.1) is 0 Å². The minimum atomic E-state index is -0.406. The van der Waals surface area contributed by atoms with Gasteiger partial charge in [0.05, 0.1) is 29.1 Å². The third kappa shape index (κ3) is 3.89. The SMILES string of the molecule is Cn1ccn(Cc2cc(Br)c3c(c2)C(=O)[C@@H](Cc2ccc(F)cc2Cl)CO3)c1=N. The van der Waals surface area contributed by atoms with E-state index in [9.17, 15) is 9.18 Å². The molecule has 0 spiro atoms. The van der Waals surface area contributed by atoms with Gasteiger partial charge >= 0.3 is 0 Å². The predicted octanol–water partition coefficient (Wildman–Crippen LogP) is 4.34. The van der Waals surface area contributed by atoms with E-state index in [0.717, 1.165) is 5.56 Å². The second-order valence-electron chi connectivity index (χ2n) is 7.13. The van der Waals surface area contributed by atoms with E-state index in [-0.39, 0.29) is 12.4 Å². The number of ether oxygens (including phenoxy) is 1. The lowest BCUT2D eigenvalue weighted by Crippen LogP contribution is -2.30. The molecule has 0 unspecified atom stereocenters. The number of carbonyl (C=O) groups excluding carboxylic acids is 1. The van der Waals surface area contributed by atoms with Gasteiger partial charge in [-0.25, -0.2) is 4.39 Å². The van der Waals surface area contributed by atoms with E-state index in [2.05, 4.69) is 15.9 Å². The average molecular weight is 479 g/mol. The maximum atomic E-state index is 13.3. The molecule has 0 radical (unpaired) electrons. The van der Waals surface area contributed by atoms with E-state index in [4.69, 9.17) is 21.7 Å². The number of nitrogens with zero attached hydrogens (tertiary/aromatic N) is 2. The summed E-state index contributed by atoms with van der Waals surface area (Å²) in [6, 6.07) is 7.92. The quantitative estimate of drug-likeness (QED) is 0.606. The number of carbonyl (C=O) groups is 1. The first kappa shape index (κ1) is 19.9. The summed E-state index contributed by atoms with van der Waals surface area (Å²) in [7, 11) is 1.81. The van der Waals surface area contributed by atoms with E-state index in [1.807, 2.05) is 31.6 Å². The molecule has 0 aliphatic carbocycles. The molecule has 1 aliphatic heterocycles. The number of hydrogen-bond donors (Lipinski definition) is 1. The maximum Gasteiger partial charge on any atom is 0.202 e. The van der Waals surface area contributed by atoms with Crippen LogP contribution in [0.15, 0.2) is 47.2 Å². The molecule has 3 aromatic rings. The molecule has 2 heterocycles. The topological polar surface area (TPSA) is 60.0 Å². The van der Waals surface area contributed by atoms with Crippen molar-refractivity contribution in [3.8, 4) is 5.75 Å². The number of imidazole rings is 1. The minimum Gasteiger partial charge on any atom is -0.491 e. The molecule has 4 rings (SSSR count). The summed E-state index contributed by atoms with van der Waals surface area (Å²) < 4.78 is 23.4. The Morgan fingerprint density at radius 3 is 2.79 bits per heavy atom. The molecule has 0 amide bonds. The van der Waals surface area contributed by atoms with E-state index in [1.54, 1.807) is 15.2 Å². The van der Waals surface area contributed by atoms with Crippen molar-refractivity contribution in [2.45, 2.75) is 13.0 Å². The van der Waals surface area contributed by atoms with Crippen LogP contribution in [-0.4, -0.2) is 21.5 Å². The Hall–Kier alpha value is -2.38. The highest BCUT2D eigenvalue weighted by Crippen LogP contribution is 2.37. The second-order valence-corrected chi connectivity index (χ2v) is 8.39. The van der Waals surface area contributed by atoms with Gasteiger partial charge in [-0.1, -0.05) is 17.7 Å². The lowest BCUT2D eigenvalue weighted by atomic mass is 9.89.